The van der Waals surface area contributed by atoms with Crippen molar-refractivity contribution in [2.45, 2.75) is 45.8 Å². The Morgan fingerprint density at radius 3 is 2.42 bits per heavy atom. The first-order valence-electron chi connectivity index (χ1n) is 9.20. The molecular formula is C19H35IN4OS. The number of aliphatic imine (C=N–C) groups is 1. The Morgan fingerprint density at radius 2 is 1.92 bits per heavy atom. The number of nitrogens with one attached hydrogen (secondary N) is 2. The summed E-state index contributed by atoms with van der Waals surface area (Å²) < 4.78 is 5.62. The molecule has 0 amide bonds. The van der Waals surface area contributed by atoms with Crippen LogP contribution in [0.2, 0.25) is 0 Å². The molecule has 1 aromatic rings. The maximum absolute atomic E-state index is 5.62. The van der Waals surface area contributed by atoms with E-state index in [1.807, 2.05) is 18.4 Å². The van der Waals surface area contributed by atoms with Gasteiger partial charge in [-0.3, -0.25) is 9.89 Å². The lowest BCUT2D eigenvalue weighted by atomic mass is 9.89. The van der Waals surface area contributed by atoms with Gasteiger partial charge in [0.25, 0.3) is 0 Å². The predicted molar refractivity (Wildman–Crippen MR) is 123 cm³/mol. The largest absolute Gasteiger partial charge is 0.379 e. The minimum atomic E-state index is 0. The van der Waals surface area contributed by atoms with E-state index < -0.39 is 0 Å². The van der Waals surface area contributed by atoms with Gasteiger partial charge >= 0.3 is 0 Å². The number of halogens is 1. The second kappa shape index (κ2) is 11.5. The molecule has 1 aliphatic heterocycles. The summed E-state index contributed by atoms with van der Waals surface area (Å²) in [5.74, 6) is 0.840. The van der Waals surface area contributed by atoms with Gasteiger partial charge < -0.3 is 15.4 Å². The van der Waals surface area contributed by atoms with Crippen molar-refractivity contribution in [1.29, 1.82) is 0 Å². The smallest absolute Gasteiger partial charge is 0.191 e. The summed E-state index contributed by atoms with van der Waals surface area (Å²) in [6.07, 6.45) is 2.74. The van der Waals surface area contributed by atoms with Gasteiger partial charge in [0.15, 0.2) is 5.96 Å². The Morgan fingerprint density at radius 1 is 1.27 bits per heavy atom. The number of hydrogen-bond acceptors (Lipinski definition) is 4. The third-order valence-corrected chi connectivity index (χ3v) is 5.82. The van der Waals surface area contributed by atoms with Crippen LogP contribution in [-0.4, -0.2) is 57.3 Å². The van der Waals surface area contributed by atoms with E-state index in [9.17, 15) is 0 Å². The third kappa shape index (κ3) is 6.98. The van der Waals surface area contributed by atoms with Crippen molar-refractivity contribution in [2.75, 3.05) is 40.3 Å². The Hall–Kier alpha value is -0.380. The molecule has 2 N–H and O–H groups in total. The van der Waals surface area contributed by atoms with E-state index in [-0.39, 0.29) is 35.5 Å². The summed E-state index contributed by atoms with van der Waals surface area (Å²) in [7, 11) is 3.60. The Balaban J connectivity index is 0.00000338. The normalized spacial score (nSPS) is 18.3. The molecule has 0 radical (unpaired) electrons. The first kappa shape index (κ1) is 23.7. The molecule has 2 unspecified atom stereocenters. The highest BCUT2D eigenvalue weighted by atomic mass is 127. The Labute approximate surface area is 180 Å². The number of ether oxygens (including phenoxy) is 1. The van der Waals surface area contributed by atoms with Crippen molar-refractivity contribution in [2.24, 2.45) is 10.4 Å². The summed E-state index contributed by atoms with van der Waals surface area (Å²) in [6.45, 7) is 10.6. The second-order valence-corrected chi connectivity index (χ2v) is 8.68. The quantitative estimate of drug-likeness (QED) is 0.345. The fourth-order valence-electron chi connectivity index (χ4n) is 3.29. The summed E-state index contributed by atoms with van der Waals surface area (Å²) in [4.78, 5) is 8.39. The number of guanidine groups is 1. The Kier molecular flexibility index (Phi) is 10.4. The molecule has 0 aromatic carbocycles. The molecule has 1 saturated heterocycles. The van der Waals surface area contributed by atoms with Gasteiger partial charge in [0.2, 0.25) is 0 Å². The van der Waals surface area contributed by atoms with Crippen LogP contribution in [0, 0.1) is 5.41 Å². The minimum absolute atomic E-state index is 0. The van der Waals surface area contributed by atoms with Crippen molar-refractivity contribution in [3.8, 4) is 0 Å². The molecule has 1 aliphatic rings. The number of rotatable bonds is 7. The van der Waals surface area contributed by atoms with Crippen LogP contribution in [0.1, 0.15) is 44.5 Å². The maximum Gasteiger partial charge on any atom is 0.191 e. The maximum atomic E-state index is 5.62. The van der Waals surface area contributed by atoms with E-state index in [0.29, 0.717) is 6.04 Å². The lowest BCUT2D eigenvalue weighted by Gasteiger charge is -2.31. The molecule has 1 aromatic heterocycles. The first-order chi connectivity index (χ1) is 12.0. The average Bonchev–Trinajstić information content (AvgIpc) is 3.26. The second-order valence-electron chi connectivity index (χ2n) is 7.70. The molecule has 150 valence electrons. The summed E-state index contributed by atoms with van der Waals surface area (Å²) >= 11 is 1.84. The van der Waals surface area contributed by atoms with E-state index in [4.69, 9.17) is 4.74 Å². The number of hydrogen-bond donors (Lipinski definition) is 2. The third-order valence-electron chi connectivity index (χ3n) is 4.84. The van der Waals surface area contributed by atoms with E-state index in [2.05, 4.69) is 58.8 Å². The standard InChI is InChI=1S/C19H34N4OS.HI/c1-19(2,3)17(24-5)14-22-18(20-4)21-13-15(16-9-8-12-25-16)23-10-6-7-11-23;/h8-9,12,15,17H,6-7,10-11,13-14H2,1-5H3,(H2,20,21,22);1H. The predicted octanol–water partition coefficient (Wildman–Crippen LogP) is 3.73. The summed E-state index contributed by atoms with van der Waals surface area (Å²) in [5, 5.41) is 9.10. The van der Waals surface area contributed by atoms with Crippen LogP contribution in [-0.2, 0) is 4.74 Å². The zero-order valence-corrected chi connectivity index (χ0v) is 19.9. The molecule has 1 fully saturated rings. The van der Waals surface area contributed by atoms with Crippen LogP contribution in [0.15, 0.2) is 22.5 Å². The van der Waals surface area contributed by atoms with E-state index in [1.165, 1.54) is 30.8 Å². The summed E-state index contributed by atoms with van der Waals surface area (Å²) in [5.41, 5.74) is 0.0929. The van der Waals surface area contributed by atoms with Crippen LogP contribution >= 0.6 is 35.3 Å². The average molecular weight is 494 g/mol. The zero-order valence-electron chi connectivity index (χ0n) is 16.7. The van der Waals surface area contributed by atoms with Gasteiger partial charge in [-0.15, -0.1) is 35.3 Å². The lowest BCUT2D eigenvalue weighted by Crippen LogP contribution is -2.47. The van der Waals surface area contributed by atoms with Crippen LogP contribution in [0.25, 0.3) is 0 Å². The minimum Gasteiger partial charge on any atom is -0.379 e. The van der Waals surface area contributed by atoms with Crippen molar-refractivity contribution in [3.63, 3.8) is 0 Å². The highest BCUT2D eigenvalue weighted by Gasteiger charge is 2.26. The molecule has 2 heterocycles. The number of likely N-dealkylation sites (tertiary alicyclic amines) is 1. The highest BCUT2D eigenvalue weighted by Crippen LogP contribution is 2.27. The van der Waals surface area contributed by atoms with Gasteiger partial charge in [-0.1, -0.05) is 26.8 Å². The van der Waals surface area contributed by atoms with Gasteiger partial charge in [-0.25, -0.2) is 0 Å². The molecule has 7 heteroatoms. The molecule has 0 spiro atoms. The molecular weight excluding hydrogens is 459 g/mol. The fourth-order valence-corrected chi connectivity index (χ4v) is 4.15. The van der Waals surface area contributed by atoms with Gasteiger partial charge in [-0.2, -0.15) is 0 Å². The van der Waals surface area contributed by atoms with Crippen molar-refractivity contribution < 1.29 is 4.74 Å². The fraction of sp³-hybridized carbons (Fsp3) is 0.737. The van der Waals surface area contributed by atoms with Crippen molar-refractivity contribution in [3.05, 3.63) is 22.4 Å². The van der Waals surface area contributed by atoms with Crippen molar-refractivity contribution >= 4 is 41.3 Å². The molecule has 0 saturated carbocycles. The van der Waals surface area contributed by atoms with Gasteiger partial charge in [0.05, 0.1) is 12.1 Å². The lowest BCUT2D eigenvalue weighted by molar-refractivity contribution is 0.0205. The van der Waals surface area contributed by atoms with Crippen LogP contribution in [0.5, 0.6) is 0 Å². The van der Waals surface area contributed by atoms with Gasteiger partial charge in [-0.05, 0) is 42.8 Å². The van der Waals surface area contributed by atoms with Crippen molar-refractivity contribution in [1.82, 2.24) is 15.5 Å². The van der Waals surface area contributed by atoms with Crippen LogP contribution < -0.4 is 10.6 Å². The monoisotopic (exact) mass is 494 g/mol. The van der Waals surface area contributed by atoms with Crippen LogP contribution in [0.3, 0.4) is 0 Å². The topological polar surface area (TPSA) is 48.9 Å². The van der Waals surface area contributed by atoms with E-state index in [1.54, 1.807) is 7.11 Å². The SMILES string of the molecule is CN=C(NCC(c1cccs1)N1CCCC1)NCC(OC)C(C)(C)C.I. The molecule has 26 heavy (non-hydrogen) atoms. The number of methoxy groups -OCH3 is 1. The molecule has 0 aliphatic carbocycles. The molecule has 0 bridgehead atoms. The first-order valence-corrected chi connectivity index (χ1v) is 10.1. The molecule has 5 nitrogen and oxygen atoms in total. The van der Waals surface area contributed by atoms with Gasteiger partial charge in [0.1, 0.15) is 0 Å². The number of nitrogens with zero attached hydrogens (tertiary/aromatic N) is 2. The zero-order chi connectivity index (χ0) is 18.3. The van der Waals surface area contributed by atoms with E-state index in [0.717, 1.165) is 19.0 Å². The summed E-state index contributed by atoms with van der Waals surface area (Å²) in [6, 6.07) is 4.80. The molecule has 2 rings (SSSR count). The number of thiophene rings is 1. The molecule has 2 atom stereocenters. The van der Waals surface area contributed by atoms with Crippen LogP contribution in [0.4, 0.5) is 0 Å². The van der Waals surface area contributed by atoms with E-state index >= 15 is 0 Å². The Bertz CT molecular complexity index is 524. The highest BCUT2D eigenvalue weighted by molar-refractivity contribution is 14.0. The van der Waals surface area contributed by atoms with Gasteiger partial charge in [0, 0.05) is 32.1 Å².